The van der Waals surface area contributed by atoms with Gasteiger partial charge >= 0.3 is 17.8 Å². The van der Waals surface area contributed by atoms with Crippen LogP contribution < -0.4 is 0 Å². The molecule has 0 radical (unpaired) electrons. The zero-order valence-electron chi connectivity index (χ0n) is 19.0. The topological polar surface area (TPSA) is 60.7 Å². The molecule has 0 aliphatic heterocycles. The average Bonchev–Trinajstić information content (AvgIpc) is 3.19. The highest BCUT2D eigenvalue weighted by Crippen LogP contribution is 2.55. The molecule has 0 saturated carbocycles. The van der Waals surface area contributed by atoms with E-state index in [1.807, 2.05) is 0 Å². The smallest absolute Gasteiger partial charge is 0.325 e. The number of hydrogen-bond acceptors (Lipinski definition) is 4. The fraction of sp³-hybridized carbons (Fsp3) is 0.409. The van der Waals surface area contributed by atoms with E-state index in [0.717, 1.165) is 7.05 Å². The third-order valence-electron chi connectivity index (χ3n) is 5.38. The zero-order valence-corrected chi connectivity index (χ0v) is 19.8. The van der Waals surface area contributed by atoms with Crippen LogP contribution >= 0.6 is 0 Å². The maximum Gasteiger partial charge on any atom is 0.381 e. The Bertz CT molecular complexity index is 1240. The minimum absolute atomic E-state index is 0.0567. The molecule has 0 saturated heterocycles. The highest BCUT2D eigenvalue weighted by Gasteiger charge is 2.78. The molecule has 0 aromatic carbocycles. The van der Waals surface area contributed by atoms with E-state index in [-0.39, 0.29) is 36.4 Å². The monoisotopic (exact) mass is 522 g/mol. The van der Waals surface area contributed by atoms with Crippen LogP contribution in [0.3, 0.4) is 0 Å². The predicted octanol–water partition coefficient (Wildman–Crippen LogP) is 5.78. The summed E-state index contributed by atoms with van der Waals surface area (Å²) in [6.45, 7) is 1.77. The van der Waals surface area contributed by atoms with Gasteiger partial charge in [-0.2, -0.15) is 26.3 Å². The molecule has 5 nitrogen and oxygen atoms in total. The summed E-state index contributed by atoms with van der Waals surface area (Å²) in [6.07, 6.45) is 3.11. The fourth-order valence-electron chi connectivity index (χ4n) is 3.27. The molecule has 35 heavy (non-hydrogen) atoms. The van der Waals surface area contributed by atoms with Crippen molar-refractivity contribution in [3.05, 3.63) is 48.5 Å². The molecule has 1 atom stereocenters. The molecule has 0 bridgehead atoms. The maximum atomic E-state index is 14.8. The van der Waals surface area contributed by atoms with E-state index in [0.29, 0.717) is 15.8 Å². The molecular weight excluding hydrogens is 501 g/mol. The number of alkyl halides is 7. The first-order valence-electron chi connectivity index (χ1n) is 10.2. The van der Waals surface area contributed by atoms with Gasteiger partial charge in [-0.1, -0.05) is 13.0 Å². The zero-order chi connectivity index (χ0) is 26.4. The molecule has 3 aromatic rings. The number of halogens is 7. The molecule has 3 aromatic heterocycles. The standard InChI is InChI=1S/C22H21F7N4OS/c1-5-35(34)15-10-13(14-8-6-7-9-30-14)11-31-17(15)18-32-12-16(33(18)4)20(24,25)22(28,29)21(26,27)19(2,3)23/h6-12H,5H2,1-4H3. The van der Waals surface area contributed by atoms with E-state index in [4.69, 9.17) is 0 Å². The maximum absolute atomic E-state index is 14.8. The molecule has 1 unspecified atom stereocenters. The second kappa shape index (κ2) is 8.99. The summed E-state index contributed by atoms with van der Waals surface area (Å²) < 4.78 is 114. The molecule has 13 heteroatoms. The number of nitrogens with zero attached hydrogens (tertiary/aromatic N) is 4. The Morgan fingerprint density at radius 1 is 0.943 bits per heavy atom. The first-order valence-corrected chi connectivity index (χ1v) is 11.5. The summed E-state index contributed by atoms with van der Waals surface area (Å²) in [7, 11) is -0.802. The van der Waals surface area contributed by atoms with Crippen LogP contribution in [0.4, 0.5) is 30.7 Å². The predicted molar refractivity (Wildman–Crippen MR) is 116 cm³/mol. The summed E-state index contributed by atoms with van der Waals surface area (Å²) in [5, 5.41) is 0. The van der Waals surface area contributed by atoms with Gasteiger partial charge in [0.2, 0.25) is 0 Å². The van der Waals surface area contributed by atoms with Crippen LogP contribution in [0.1, 0.15) is 26.5 Å². The number of hydrogen-bond donors (Lipinski definition) is 0. The molecule has 3 rings (SSSR count). The lowest BCUT2D eigenvalue weighted by Crippen LogP contribution is -2.60. The van der Waals surface area contributed by atoms with Crippen molar-refractivity contribution < 1.29 is 34.9 Å². The van der Waals surface area contributed by atoms with Crippen LogP contribution in [0.15, 0.2) is 47.8 Å². The van der Waals surface area contributed by atoms with Crippen LogP contribution in [0.25, 0.3) is 22.8 Å². The summed E-state index contributed by atoms with van der Waals surface area (Å²) in [4.78, 5) is 12.0. The molecule has 0 aliphatic rings. The second-order valence-electron chi connectivity index (χ2n) is 8.14. The van der Waals surface area contributed by atoms with Crippen molar-refractivity contribution in [2.24, 2.45) is 7.05 Å². The molecule has 0 aliphatic carbocycles. The Hall–Kier alpha value is -2.83. The van der Waals surface area contributed by atoms with Gasteiger partial charge in [0.15, 0.2) is 11.5 Å². The summed E-state index contributed by atoms with van der Waals surface area (Å²) in [5.41, 5.74) is -4.79. The van der Waals surface area contributed by atoms with Gasteiger partial charge in [-0.05, 0) is 32.0 Å². The lowest BCUT2D eigenvalue weighted by molar-refractivity contribution is -0.345. The first-order chi connectivity index (χ1) is 16.1. The normalized spacial score (nSPS) is 14.3. The first kappa shape index (κ1) is 26.8. The second-order valence-corrected chi connectivity index (χ2v) is 9.85. The minimum atomic E-state index is -6.10. The van der Waals surface area contributed by atoms with E-state index in [2.05, 4.69) is 15.0 Å². The lowest BCUT2D eigenvalue weighted by atomic mass is 9.91. The number of imidazole rings is 1. The number of rotatable bonds is 8. The quantitative estimate of drug-likeness (QED) is 0.352. The van der Waals surface area contributed by atoms with Gasteiger partial charge < -0.3 is 4.57 Å². The van der Waals surface area contributed by atoms with Crippen molar-refractivity contribution in [2.45, 2.75) is 49.1 Å². The van der Waals surface area contributed by atoms with Crippen molar-refractivity contribution in [3.8, 4) is 22.8 Å². The highest BCUT2D eigenvalue weighted by atomic mass is 32.2. The molecule has 0 fully saturated rings. The fourth-order valence-corrected chi connectivity index (χ4v) is 4.20. The largest absolute Gasteiger partial charge is 0.381 e. The third kappa shape index (κ3) is 4.34. The van der Waals surface area contributed by atoms with E-state index >= 15 is 0 Å². The Morgan fingerprint density at radius 2 is 1.60 bits per heavy atom. The van der Waals surface area contributed by atoms with Gasteiger partial charge in [0.25, 0.3) is 0 Å². The van der Waals surface area contributed by atoms with Gasteiger partial charge in [0, 0.05) is 30.8 Å². The third-order valence-corrected chi connectivity index (χ3v) is 6.70. The molecular formula is C22H21F7N4OS. The van der Waals surface area contributed by atoms with Gasteiger partial charge in [0.1, 0.15) is 11.4 Å². The molecule has 0 amide bonds. The van der Waals surface area contributed by atoms with E-state index in [1.165, 1.54) is 18.5 Å². The van der Waals surface area contributed by atoms with Crippen LogP contribution in [-0.2, 0) is 23.8 Å². The van der Waals surface area contributed by atoms with Gasteiger partial charge in [0.05, 0.1) is 27.6 Å². The minimum Gasteiger partial charge on any atom is -0.325 e. The van der Waals surface area contributed by atoms with Crippen molar-refractivity contribution >= 4 is 10.8 Å². The van der Waals surface area contributed by atoms with E-state index < -0.39 is 45.8 Å². The summed E-state index contributed by atoms with van der Waals surface area (Å²) in [6, 6.07) is 6.48. The Kier molecular flexibility index (Phi) is 6.88. The van der Waals surface area contributed by atoms with E-state index in [9.17, 15) is 34.9 Å². The van der Waals surface area contributed by atoms with Gasteiger partial charge in [-0.3, -0.25) is 14.2 Å². The molecule has 0 N–H and O–H groups in total. The van der Waals surface area contributed by atoms with Crippen molar-refractivity contribution in [1.82, 2.24) is 19.5 Å². The summed E-state index contributed by atoms with van der Waals surface area (Å²) in [5.74, 6) is -17.6. The van der Waals surface area contributed by atoms with Crippen molar-refractivity contribution in [3.63, 3.8) is 0 Å². The number of pyridine rings is 2. The van der Waals surface area contributed by atoms with Crippen molar-refractivity contribution in [1.29, 1.82) is 0 Å². The summed E-state index contributed by atoms with van der Waals surface area (Å²) >= 11 is 0. The number of aromatic nitrogens is 4. The Balaban J connectivity index is 2.15. The Morgan fingerprint density at radius 3 is 2.14 bits per heavy atom. The Labute approximate surface area is 198 Å². The van der Waals surface area contributed by atoms with Gasteiger partial charge in [-0.25, -0.2) is 9.37 Å². The molecule has 3 heterocycles. The van der Waals surface area contributed by atoms with Crippen molar-refractivity contribution in [2.75, 3.05) is 5.75 Å². The highest BCUT2D eigenvalue weighted by molar-refractivity contribution is 7.85. The van der Waals surface area contributed by atoms with Gasteiger partial charge in [-0.15, -0.1) is 0 Å². The lowest BCUT2D eigenvalue weighted by Gasteiger charge is -2.37. The molecule has 190 valence electrons. The molecule has 0 spiro atoms. The van der Waals surface area contributed by atoms with Crippen LogP contribution in [0.2, 0.25) is 0 Å². The van der Waals surface area contributed by atoms with Crippen LogP contribution in [-0.4, -0.2) is 47.0 Å². The SMILES string of the molecule is CCS(=O)c1cc(-c2ccccn2)cnc1-c1ncc(C(F)(F)C(F)(F)C(F)(F)C(C)(C)F)n1C. The van der Waals surface area contributed by atoms with E-state index in [1.54, 1.807) is 25.1 Å². The van der Waals surface area contributed by atoms with Crippen LogP contribution in [0.5, 0.6) is 0 Å². The average molecular weight is 522 g/mol. The van der Waals surface area contributed by atoms with Crippen LogP contribution in [0, 0.1) is 0 Å².